The summed E-state index contributed by atoms with van der Waals surface area (Å²) < 4.78 is 12.5. The molecule has 0 amide bonds. The van der Waals surface area contributed by atoms with Crippen LogP contribution in [0, 0.1) is 18.3 Å². The summed E-state index contributed by atoms with van der Waals surface area (Å²) in [6.07, 6.45) is 0. The summed E-state index contributed by atoms with van der Waals surface area (Å²) in [5.41, 5.74) is 11.6. The third-order valence-electron chi connectivity index (χ3n) is 5.34. The molecule has 5 nitrogen and oxygen atoms in total. The van der Waals surface area contributed by atoms with Crippen molar-refractivity contribution >= 4 is 21.7 Å². The predicted octanol–water partition coefficient (Wildman–Crippen LogP) is 6.53. The van der Waals surface area contributed by atoms with Crippen molar-refractivity contribution in [3.8, 4) is 39.8 Å². The van der Waals surface area contributed by atoms with Crippen molar-refractivity contribution < 1.29 is 9.47 Å². The lowest BCUT2D eigenvalue weighted by molar-refractivity contribution is 0.284. The number of anilines is 1. The van der Waals surface area contributed by atoms with Gasteiger partial charge in [-0.15, -0.1) is 0 Å². The molecule has 3 aromatic carbocycles. The average Bonchev–Trinajstić information content (AvgIpc) is 2.83. The SMILES string of the molecule is COc1cc(-c2c(C#N)c(N)nc(C)c2-c2ccccc2)c(Br)cc1OCc1ccccc1. The molecule has 4 aromatic rings. The van der Waals surface area contributed by atoms with E-state index >= 15 is 0 Å². The van der Waals surface area contributed by atoms with Crippen molar-refractivity contribution in [3.05, 3.63) is 94.1 Å². The smallest absolute Gasteiger partial charge is 0.162 e. The first-order valence-electron chi connectivity index (χ1n) is 10.3. The number of pyridine rings is 1. The van der Waals surface area contributed by atoms with Crippen LogP contribution in [0.25, 0.3) is 22.3 Å². The Balaban J connectivity index is 1.88. The predicted molar refractivity (Wildman–Crippen MR) is 134 cm³/mol. The maximum Gasteiger partial charge on any atom is 0.162 e. The van der Waals surface area contributed by atoms with Crippen molar-refractivity contribution in [1.82, 2.24) is 4.98 Å². The van der Waals surface area contributed by atoms with E-state index < -0.39 is 0 Å². The fourth-order valence-corrected chi connectivity index (χ4v) is 4.32. The Bertz CT molecular complexity index is 1330. The van der Waals surface area contributed by atoms with E-state index in [0.717, 1.165) is 32.4 Å². The molecule has 0 saturated carbocycles. The van der Waals surface area contributed by atoms with Crippen LogP contribution in [0.4, 0.5) is 5.82 Å². The van der Waals surface area contributed by atoms with E-state index in [-0.39, 0.29) is 5.82 Å². The molecule has 2 N–H and O–H groups in total. The molecule has 1 heterocycles. The highest BCUT2D eigenvalue weighted by atomic mass is 79.9. The van der Waals surface area contributed by atoms with E-state index in [1.165, 1.54) is 0 Å². The summed E-state index contributed by atoms with van der Waals surface area (Å²) in [6.45, 7) is 2.30. The van der Waals surface area contributed by atoms with Crippen molar-refractivity contribution in [3.63, 3.8) is 0 Å². The highest BCUT2D eigenvalue weighted by Gasteiger charge is 2.23. The van der Waals surface area contributed by atoms with E-state index in [0.29, 0.717) is 29.2 Å². The highest BCUT2D eigenvalue weighted by Crippen LogP contribution is 2.45. The zero-order chi connectivity index (χ0) is 23.4. The minimum absolute atomic E-state index is 0.194. The van der Waals surface area contributed by atoms with Gasteiger partial charge in [-0.2, -0.15) is 5.26 Å². The molecule has 0 aliphatic heterocycles. The molecule has 0 spiro atoms. The number of nitrogen functional groups attached to an aromatic ring is 1. The molecule has 1 aromatic heterocycles. The van der Waals surface area contributed by atoms with Gasteiger partial charge in [-0.25, -0.2) is 4.98 Å². The number of methoxy groups -OCH3 is 1. The van der Waals surface area contributed by atoms with Gasteiger partial charge in [0.1, 0.15) is 24.1 Å². The van der Waals surface area contributed by atoms with Gasteiger partial charge in [0.25, 0.3) is 0 Å². The van der Waals surface area contributed by atoms with E-state index in [4.69, 9.17) is 15.2 Å². The van der Waals surface area contributed by atoms with Crippen LogP contribution >= 0.6 is 15.9 Å². The summed E-state index contributed by atoms with van der Waals surface area (Å²) in [5.74, 6) is 1.34. The van der Waals surface area contributed by atoms with Crippen molar-refractivity contribution in [2.75, 3.05) is 12.8 Å². The Morgan fingerprint density at radius 3 is 2.27 bits per heavy atom. The number of ether oxygens (including phenoxy) is 2. The summed E-state index contributed by atoms with van der Waals surface area (Å²) in [4.78, 5) is 4.44. The number of rotatable bonds is 6. The second kappa shape index (κ2) is 9.76. The zero-order valence-corrected chi connectivity index (χ0v) is 19.9. The Hall–Kier alpha value is -3.82. The number of hydrogen-bond donors (Lipinski definition) is 1. The van der Waals surface area contributed by atoms with Gasteiger partial charge in [0.05, 0.1) is 7.11 Å². The van der Waals surface area contributed by atoms with Gasteiger partial charge in [-0.1, -0.05) is 76.6 Å². The Kier molecular flexibility index (Phi) is 6.62. The van der Waals surface area contributed by atoms with Crippen molar-refractivity contribution in [1.29, 1.82) is 5.26 Å². The van der Waals surface area contributed by atoms with Crippen LogP contribution in [-0.2, 0) is 6.61 Å². The van der Waals surface area contributed by atoms with E-state index in [1.54, 1.807) is 7.11 Å². The fourth-order valence-electron chi connectivity index (χ4n) is 3.80. The molecule has 0 unspecified atom stereocenters. The maximum atomic E-state index is 9.96. The lowest BCUT2D eigenvalue weighted by Gasteiger charge is -2.19. The minimum atomic E-state index is 0.194. The maximum absolute atomic E-state index is 9.96. The molecule has 0 fully saturated rings. The summed E-state index contributed by atoms with van der Waals surface area (Å²) >= 11 is 3.69. The van der Waals surface area contributed by atoms with Crippen molar-refractivity contribution in [2.45, 2.75) is 13.5 Å². The first-order chi connectivity index (χ1) is 16.0. The molecule has 0 aliphatic rings. The Labute approximate surface area is 201 Å². The van der Waals surface area contributed by atoms with E-state index in [9.17, 15) is 5.26 Å². The van der Waals surface area contributed by atoms with Gasteiger partial charge in [0, 0.05) is 26.9 Å². The van der Waals surface area contributed by atoms with E-state index in [2.05, 4.69) is 27.0 Å². The lowest BCUT2D eigenvalue weighted by atomic mass is 9.90. The lowest BCUT2D eigenvalue weighted by Crippen LogP contribution is -2.04. The van der Waals surface area contributed by atoms with Crippen LogP contribution in [0.5, 0.6) is 11.5 Å². The monoisotopic (exact) mass is 499 g/mol. The Morgan fingerprint density at radius 1 is 0.970 bits per heavy atom. The average molecular weight is 500 g/mol. The quantitative estimate of drug-likeness (QED) is 0.326. The molecule has 33 heavy (non-hydrogen) atoms. The molecule has 0 radical (unpaired) electrons. The number of nitrogens with two attached hydrogens (primary N) is 1. The zero-order valence-electron chi connectivity index (χ0n) is 18.3. The largest absolute Gasteiger partial charge is 0.493 e. The topological polar surface area (TPSA) is 81.2 Å². The van der Waals surface area contributed by atoms with Gasteiger partial charge in [0.15, 0.2) is 11.5 Å². The number of hydrogen-bond acceptors (Lipinski definition) is 5. The molecule has 0 atom stereocenters. The minimum Gasteiger partial charge on any atom is -0.493 e. The standard InChI is InChI=1S/C27H22BrN3O2/c1-17-25(19-11-7-4-8-12-19)26(21(15-29)27(30)31-17)20-13-23(32-2)24(14-22(20)28)33-16-18-9-5-3-6-10-18/h3-14H,16H2,1-2H3,(H2,30,31). The fraction of sp³-hybridized carbons (Fsp3) is 0.111. The van der Waals surface area contributed by atoms with Gasteiger partial charge in [-0.3, -0.25) is 0 Å². The molecule has 0 aliphatic carbocycles. The number of nitrogens with zero attached hydrogens (tertiary/aromatic N) is 2. The van der Waals surface area contributed by atoms with Crippen LogP contribution in [0.1, 0.15) is 16.8 Å². The van der Waals surface area contributed by atoms with Gasteiger partial charge in [0.2, 0.25) is 0 Å². The van der Waals surface area contributed by atoms with Crippen LogP contribution in [0.15, 0.2) is 77.3 Å². The summed E-state index contributed by atoms with van der Waals surface area (Å²) in [6, 6.07) is 25.7. The van der Waals surface area contributed by atoms with Gasteiger partial charge < -0.3 is 15.2 Å². The van der Waals surface area contributed by atoms with Crippen molar-refractivity contribution in [2.24, 2.45) is 0 Å². The molecular formula is C27H22BrN3O2. The Morgan fingerprint density at radius 2 is 1.64 bits per heavy atom. The van der Waals surface area contributed by atoms with Gasteiger partial charge >= 0.3 is 0 Å². The highest BCUT2D eigenvalue weighted by molar-refractivity contribution is 9.10. The molecule has 4 rings (SSSR count). The number of halogens is 1. The third kappa shape index (κ3) is 4.55. The molecule has 0 bridgehead atoms. The van der Waals surface area contributed by atoms with Crippen LogP contribution in [0.2, 0.25) is 0 Å². The third-order valence-corrected chi connectivity index (χ3v) is 6.00. The van der Waals surface area contributed by atoms with E-state index in [1.807, 2.05) is 79.7 Å². The number of aryl methyl sites for hydroxylation is 1. The van der Waals surface area contributed by atoms with Crippen LogP contribution in [-0.4, -0.2) is 12.1 Å². The number of nitriles is 1. The molecule has 164 valence electrons. The second-order valence-corrected chi connectivity index (χ2v) is 8.30. The van der Waals surface area contributed by atoms with Gasteiger partial charge in [-0.05, 0) is 30.2 Å². The molecule has 6 heteroatoms. The molecular weight excluding hydrogens is 478 g/mol. The first kappa shape index (κ1) is 22.4. The molecule has 0 saturated heterocycles. The normalized spacial score (nSPS) is 10.5. The van der Waals surface area contributed by atoms with Crippen LogP contribution < -0.4 is 15.2 Å². The van der Waals surface area contributed by atoms with Crippen LogP contribution in [0.3, 0.4) is 0 Å². The summed E-state index contributed by atoms with van der Waals surface area (Å²) in [5, 5.41) is 9.96. The second-order valence-electron chi connectivity index (χ2n) is 7.44. The first-order valence-corrected chi connectivity index (χ1v) is 11.1. The number of aromatic nitrogens is 1. The summed E-state index contributed by atoms with van der Waals surface area (Å²) in [7, 11) is 1.60. The number of benzene rings is 3.